The summed E-state index contributed by atoms with van der Waals surface area (Å²) in [5.41, 5.74) is 1.89. The van der Waals surface area contributed by atoms with Crippen molar-refractivity contribution in [3.05, 3.63) is 59.4 Å². The minimum Gasteiger partial charge on any atom is -0.339 e. The largest absolute Gasteiger partial charge is 0.339 e. The molecule has 0 aliphatic heterocycles. The van der Waals surface area contributed by atoms with E-state index in [2.05, 4.69) is 39.3 Å². The van der Waals surface area contributed by atoms with Crippen molar-refractivity contribution in [2.45, 2.75) is 19.9 Å². The molecule has 4 rings (SSSR count). The molecule has 0 saturated carbocycles. The zero-order valence-corrected chi connectivity index (χ0v) is 15.3. The highest BCUT2D eigenvalue weighted by atomic mass is 16.1. The minimum absolute atomic E-state index is 0.112. The Kier molecular flexibility index (Phi) is 4.15. The maximum Gasteiger partial charge on any atom is 0.263 e. The predicted molar refractivity (Wildman–Crippen MR) is 104 cm³/mol. The Balaban J connectivity index is 1.77. The van der Waals surface area contributed by atoms with Gasteiger partial charge in [-0.2, -0.15) is 0 Å². The van der Waals surface area contributed by atoms with E-state index < -0.39 is 0 Å². The van der Waals surface area contributed by atoms with E-state index in [0.29, 0.717) is 33.9 Å². The van der Waals surface area contributed by atoms with Gasteiger partial charge in [-0.25, -0.2) is 9.97 Å². The summed E-state index contributed by atoms with van der Waals surface area (Å²) in [6.07, 6.45) is 3.22. The van der Waals surface area contributed by atoms with Crippen LogP contribution in [0, 0.1) is 0 Å². The van der Waals surface area contributed by atoms with Crippen molar-refractivity contribution in [3.8, 4) is 11.5 Å². The molecule has 1 aromatic carbocycles. The molecule has 3 heterocycles. The number of hydrogen-bond donors (Lipinski definition) is 1. The molecular formula is C19H19N7O. The quantitative estimate of drug-likeness (QED) is 0.601. The summed E-state index contributed by atoms with van der Waals surface area (Å²) < 4.78 is 3.42. The molecule has 0 atom stereocenters. The van der Waals surface area contributed by atoms with Gasteiger partial charge in [0.2, 0.25) is 0 Å². The van der Waals surface area contributed by atoms with E-state index in [4.69, 9.17) is 0 Å². The molecule has 0 saturated heterocycles. The van der Waals surface area contributed by atoms with Crippen molar-refractivity contribution in [1.82, 2.24) is 29.3 Å². The van der Waals surface area contributed by atoms with E-state index in [1.165, 1.54) is 10.9 Å². The molecular weight excluding hydrogens is 342 g/mol. The van der Waals surface area contributed by atoms with Gasteiger partial charge >= 0.3 is 0 Å². The van der Waals surface area contributed by atoms with Gasteiger partial charge in [-0.3, -0.25) is 4.79 Å². The van der Waals surface area contributed by atoms with E-state index in [9.17, 15) is 4.79 Å². The molecule has 3 aromatic heterocycles. The van der Waals surface area contributed by atoms with E-state index >= 15 is 0 Å². The standard InChI is InChI=1S/C19H19N7O/c1-12(2)26-11-21-24-18(26)15-8-5-9-16(23-15)22-14-7-4-6-13-17(14)19(27)25(3)10-20-13/h4-12H,1-3H3,(H,22,23). The normalized spacial score (nSPS) is 11.3. The van der Waals surface area contributed by atoms with E-state index in [1.807, 2.05) is 41.0 Å². The Labute approximate surface area is 155 Å². The van der Waals surface area contributed by atoms with Crippen molar-refractivity contribution < 1.29 is 0 Å². The average Bonchev–Trinajstić information content (AvgIpc) is 3.15. The van der Waals surface area contributed by atoms with Gasteiger partial charge in [-0.05, 0) is 38.1 Å². The van der Waals surface area contributed by atoms with Crippen LogP contribution in [0.4, 0.5) is 11.5 Å². The van der Waals surface area contributed by atoms with Crippen molar-refractivity contribution in [2.75, 3.05) is 5.32 Å². The molecule has 8 nitrogen and oxygen atoms in total. The maximum absolute atomic E-state index is 12.6. The van der Waals surface area contributed by atoms with E-state index in [0.717, 1.165) is 0 Å². The molecule has 0 spiro atoms. The molecule has 27 heavy (non-hydrogen) atoms. The Hall–Kier alpha value is -3.55. The summed E-state index contributed by atoms with van der Waals surface area (Å²) in [5, 5.41) is 12.0. The number of aryl methyl sites for hydroxylation is 1. The molecule has 0 unspecified atom stereocenters. The maximum atomic E-state index is 12.6. The molecule has 0 aliphatic carbocycles. The van der Waals surface area contributed by atoms with Crippen LogP contribution in [0.2, 0.25) is 0 Å². The second-order valence-corrected chi connectivity index (χ2v) is 6.55. The van der Waals surface area contributed by atoms with Crippen LogP contribution < -0.4 is 10.9 Å². The second kappa shape index (κ2) is 6.64. The van der Waals surface area contributed by atoms with Gasteiger partial charge in [0.25, 0.3) is 5.56 Å². The third-order valence-corrected chi connectivity index (χ3v) is 4.32. The number of benzene rings is 1. The monoisotopic (exact) mass is 361 g/mol. The van der Waals surface area contributed by atoms with Crippen LogP contribution in [0.25, 0.3) is 22.4 Å². The van der Waals surface area contributed by atoms with Gasteiger partial charge in [0, 0.05) is 13.1 Å². The van der Waals surface area contributed by atoms with Crippen LogP contribution in [0.3, 0.4) is 0 Å². The molecule has 0 bridgehead atoms. The average molecular weight is 361 g/mol. The first-order chi connectivity index (χ1) is 13.0. The van der Waals surface area contributed by atoms with Gasteiger partial charge in [-0.15, -0.1) is 10.2 Å². The van der Waals surface area contributed by atoms with Crippen LogP contribution in [-0.2, 0) is 7.05 Å². The number of rotatable bonds is 4. The Bertz CT molecular complexity index is 1180. The van der Waals surface area contributed by atoms with Crippen LogP contribution in [0.15, 0.2) is 53.8 Å². The molecule has 0 aliphatic rings. The highest BCUT2D eigenvalue weighted by molar-refractivity contribution is 5.92. The number of hydrogen-bond acceptors (Lipinski definition) is 6. The molecule has 4 aromatic rings. The topological polar surface area (TPSA) is 90.5 Å². The van der Waals surface area contributed by atoms with E-state index in [1.54, 1.807) is 13.4 Å². The fourth-order valence-corrected chi connectivity index (χ4v) is 2.92. The summed E-state index contributed by atoms with van der Waals surface area (Å²) in [6.45, 7) is 4.13. The zero-order valence-electron chi connectivity index (χ0n) is 15.3. The minimum atomic E-state index is -0.112. The Morgan fingerprint density at radius 3 is 2.70 bits per heavy atom. The van der Waals surface area contributed by atoms with Crippen LogP contribution >= 0.6 is 0 Å². The third-order valence-electron chi connectivity index (χ3n) is 4.32. The van der Waals surface area contributed by atoms with Gasteiger partial charge in [0.05, 0.1) is 22.9 Å². The van der Waals surface area contributed by atoms with Crippen molar-refractivity contribution in [2.24, 2.45) is 7.05 Å². The highest BCUT2D eigenvalue weighted by Gasteiger charge is 2.13. The lowest BCUT2D eigenvalue weighted by Crippen LogP contribution is -2.18. The summed E-state index contributed by atoms with van der Waals surface area (Å²) in [5.74, 6) is 1.31. The van der Waals surface area contributed by atoms with Gasteiger partial charge in [0.15, 0.2) is 5.82 Å². The molecule has 0 radical (unpaired) electrons. The molecule has 8 heteroatoms. The number of aromatic nitrogens is 6. The SMILES string of the molecule is CC(C)n1cnnc1-c1cccc(Nc2cccc3ncn(C)c(=O)c23)n1. The first-order valence-corrected chi connectivity index (χ1v) is 8.63. The Morgan fingerprint density at radius 2 is 1.89 bits per heavy atom. The lowest BCUT2D eigenvalue weighted by atomic mass is 10.2. The summed E-state index contributed by atoms with van der Waals surface area (Å²) >= 11 is 0. The molecule has 0 fully saturated rings. The summed E-state index contributed by atoms with van der Waals surface area (Å²) in [6, 6.07) is 11.4. The van der Waals surface area contributed by atoms with Crippen molar-refractivity contribution in [3.63, 3.8) is 0 Å². The molecule has 0 amide bonds. The molecule has 1 N–H and O–H groups in total. The number of fused-ring (bicyclic) bond motifs is 1. The fraction of sp³-hybridized carbons (Fsp3) is 0.211. The van der Waals surface area contributed by atoms with Crippen LogP contribution in [0.5, 0.6) is 0 Å². The second-order valence-electron chi connectivity index (χ2n) is 6.55. The fourth-order valence-electron chi connectivity index (χ4n) is 2.92. The van der Waals surface area contributed by atoms with Gasteiger partial charge in [-0.1, -0.05) is 12.1 Å². The van der Waals surface area contributed by atoms with Crippen LogP contribution in [0.1, 0.15) is 19.9 Å². The predicted octanol–water partition coefficient (Wildman–Crippen LogP) is 2.91. The van der Waals surface area contributed by atoms with E-state index in [-0.39, 0.29) is 11.6 Å². The number of nitrogens with zero attached hydrogens (tertiary/aromatic N) is 6. The van der Waals surface area contributed by atoms with Crippen LogP contribution in [-0.4, -0.2) is 29.3 Å². The van der Waals surface area contributed by atoms with Gasteiger partial charge in [0.1, 0.15) is 17.8 Å². The third kappa shape index (κ3) is 3.05. The van der Waals surface area contributed by atoms with Crippen molar-refractivity contribution >= 4 is 22.4 Å². The lowest BCUT2D eigenvalue weighted by molar-refractivity contribution is 0.603. The summed E-state index contributed by atoms with van der Waals surface area (Å²) in [7, 11) is 1.68. The number of anilines is 2. The first-order valence-electron chi connectivity index (χ1n) is 8.63. The zero-order chi connectivity index (χ0) is 19.0. The lowest BCUT2D eigenvalue weighted by Gasteiger charge is -2.12. The highest BCUT2D eigenvalue weighted by Crippen LogP contribution is 2.24. The van der Waals surface area contributed by atoms with Gasteiger partial charge < -0.3 is 14.5 Å². The first kappa shape index (κ1) is 16.9. The van der Waals surface area contributed by atoms with Crippen molar-refractivity contribution in [1.29, 1.82) is 0 Å². The Morgan fingerprint density at radius 1 is 1.07 bits per heavy atom. The number of pyridine rings is 1. The number of nitrogens with one attached hydrogen (secondary N) is 1. The molecule has 136 valence electrons. The smallest absolute Gasteiger partial charge is 0.263 e. The summed E-state index contributed by atoms with van der Waals surface area (Å²) in [4.78, 5) is 21.5.